The Hall–Kier alpha value is 0.350. The molecule has 0 saturated heterocycles. The van der Waals surface area contributed by atoms with E-state index in [0.29, 0.717) is 5.33 Å². The van der Waals surface area contributed by atoms with Gasteiger partial charge in [0.15, 0.2) is 0 Å². The van der Waals surface area contributed by atoms with E-state index in [-0.39, 0.29) is 0 Å². The zero-order chi connectivity index (χ0) is 9.84. The summed E-state index contributed by atoms with van der Waals surface area (Å²) in [5.74, 6) is 0. The van der Waals surface area contributed by atoms with Crippen LogP contribution in [0.25, 0.3) is 0 Å². The van der Waals surface area contributed by atoms with Crippen molar-refractivity contribution < 1.29 is 10.2 Å². The van der Waals surface area contributed by atoms with Gasteiger partial charge in [-0.1, -0.05) is 28.1 Å². The molecule has 0 fully saturated rings. The Labute approximate surface area is 99.2 Å². The maximum Gasteiger partial charge on any atom is 0.106 e. The summed E-state index contributed by atoms with van der Waals surface area (Å²) in [6.45, 7) is 0. The summed E-state index contributed by atoms with van der Waals surface area (Å²) in [5, 5.41) is 19.3. The largest absolute Gasteiger partial charge is 0.389 e. The van der Waals surface area contributed by atoms with E-state index in [1.165, 1.54) is 0 Å². The van der Waals surface area contributed by atoms with Crippen molar-refractivity contribution in [1.82, 2.24) is 0 Å². The van der Waals surface area contributed by atoms with Crippen molar-refractivity contribution in [1.29, 1.82) is 0 Å². The third kappa shape index (κ3) is 3.19. The quantitative estimate of drug-likeness (QED) is 0.643. The first-order valence-corrected chi connectivity index (χ1v) is 6.02. The maximum atomic E-state index is 9.60. The second kappa shape index (κ2) is 5.29. The van der Waals surface area contributed by atoms with Crippen LogP contribution in [-0.4, -0.2) is 21.6 Å². The highest BCUT2D eigenvalue weighted by Gasteiger charge is 2.16. The average molecular weight is 357 g/mol. The van der Waals surface area contributed by atoms with Gasteiger partial charge in [-0.25, -0.2) is 0 Å². The van der Waals surface area contributed by atoms with Crippen molar-refractivity contribution in [2.24, 2.45) is 0 Å². The van der Waals surface area contributed by atoms with Crippen LogP contribution in [0.3, 0.4) is 0 Å². The molecule has 0 amide bonds. The fourth-order valence-corrected chi connectivity index (χ4v) is 1.68. The normalized spacial score (nSPS) is 15.4. The van der Waals surface area contributed by atoms with Crippen LogP contribution in [0.5, 0.6) is 0 Å². The van der Waals surface area contributed by atoms with Crippen LogP contribution in [0.1, 0.15) is 11.7 Å². The van der Waals surface area contributed by atoms with E-state index in [4.69, 9.17) is 0 Å². The number of hydrogen-bond donors (Lipinski definition) is 2. The summed E-state index contributed by atoms with van der Waals surface area (Å²) < 4.78 is 1.11. The standard InChI is InChI=1S/C9H10BrIO2/c10-5-8(12)9(13)6-1-3-7(11)4-2-6/h1-4,8-9,12-13H,5H2. The van der Waals surface area contributed by atoms with Gasteiger partial charge in [0, 0.05) is 8.90 Å². The van der Waals surface area contributed by atoms with E-state index in [1.807, 2.05) is 24.3 Å². The summed E-state index contributed by atoms with van der Waals surface area (Å²) >= 11 is 5.31. The lowest BCUT2D eigenvalue weighted by atomic mass is 10.1. The van der Waals surface area contributed by atoms with Crippen LogP contribution < -0.4 is 0 Å². The highest BCUT2D eigenvalue weighted by Crippen LogP contribution is 2.19. The molecular formula is C9H10BrIO2. The van der Waals surface area contributed by atoms with Gasteiger partial charge in [-0.2, -0.15) is 0 Å². The van der Waals surface area contributed by atoms with Gasteiger partial charge >= 0.3 is 0 Å². The lowest BCUT2D eigenvalue weighted by Gasteiger charge is -2.15. The molecule has 13 heavy (non-hydrogen) atoms. The Bertz CT molecular complexity index is 263. The summed E-state index contributed by atoms with van der Waals surface area (Å²) in [7, 11) is 0. The summed E-state index contributed by atoms with van der Waals surface area (Å²) in [5.41, 5.74) is 0.743. The Morgan fingerprint density at radius 1 is 1.23 bits per heavy atom. The van der Waals surface area contributed by atoms with Gasteiger partial charge in [-0.3, -0.25) is 0 Å². The van der Waals surface area contributed by atoms with Gasteiger partial charge in [0.05, 0.1) is 6.10 Å². The number of halogens is 2. The van der Waals surface area contributed by atoms with Gasteiger partial charge in [0.1, 0.15) is 6.10 Å². The second-order valence-corrected chi connectivity index (χ2v) is 4.61. The molecule has 1 aromatic rings. The molecule has 0 spiro atoms. The Morgan fingerprint density at radius 2 is 1.77 bits per heavy atom. The van der Waals surface area contributed by atoms with E-state index >= 15 is 0 Å². The summed E-state index contributed by atoms with van der Waals surface area (Å²) in [6.07, 6.45) is -1.56. The van der Waals surface area contributed by atoms with Crippen LogP contribution in [-0.2, 0) is 0 Å². The molecule has 2 nitrogen and oxygen atoms in total. The van der Waals surface area contributed by atoms with E-state index in [2.05, 4.69) is 38.5 Å². The van der Waals surface area contributed by atoms with Crippen LogP contribution in [0.2, 0.25) is 0 Å². The van der Waals surface area contributed by atoms with Gasteiger partial charge in [-0.15, -0.1) is 0 Å². The molecule has 0 radical (unpaired) electrons. The molecule has 1 aromatic carbocycles. The molecule has 4 heteroatoms. The lowest BCUT2D eigenvalue weighted by molar-refractivity contribution is 0.0343. The SMILES string of the molecule is OC(CBr)C(O)c1ccc(I)cc1. The zero-order valence-corrected chi connectivity index (χ0v) is 10.6. The predicted octanol–water partition coefficient (Wildman–Crippen LogP) is 2.08. The molecule has 0 saturated carbocycles. The maximum absolute atomic E-state index is 9.60. The number of benzene rings is 1. The molecule has 0 aromatic heterocycles. The molecule has 2 atom stereocenters. The Kier molecular flexibility index (Phi) is 4.64. The fraction of sp³-hybridized carbons (Fsp3) is 0.333. The Balaban J connectivity index is 2.77. The van der Waals surface area contributed by atoms with Crippen molar-refractivity contribution in [3.63, 3.8) is 0 Å². The van der Waals surface area contributed by atoms with Crippen molar-refractivity contribution in [2.45, 2.75) is 12.2 Å². The van der Waals surface area contributed by atoms with Gasteiger partial charge < -0.3 is 10.2 Å². The highest BCUT2D eigenvalue weighted by atomic mass is 127. The topological polar surface area (TPSA) is 40.5 Å². The summed E-state index contributed by atoms with van der Waals surface area (Å²) in [4.78, 5) is 0. The molecule has 0 bridgehead atoms. The first-order chi connectivity index (χ1) is 6.15. The summed E-state index contributed by atoms with van der Waals surface area (Å²) in [6, 6.07) is 7.44. The van der Waals surface area contributed by atoms with E-state index in [0.717, 1.165) is 9.13 Å². The minimum atomic E-state index is -0.809. The third-order valence-corrected chi connectivity index (χ3v) is 3.12. The molecule has 0 aliphatic heterocycles. The third-order valence-electron chi connectivity index (χ3n) is 1.73. The molecule has 1 rings (SSSR count). The fourth-order valence-electron chi connectivity index (χ4n) is 0.966. The van der Waals surface area contributed by atoms with Crippen LogP contribution in [0.15, 0.2) is 24.3 Å². The van der Waals surface area contributed by atoms with E-state index in [9.17, 15) is 10.2 Å². The minimum Gasteiger partial charge on any atom is -0.389 e. The smallest absolute Gasteiger partial charge is 0.106 e. The van der Waals surface area contributed by atoms with Crippen LogP contribution >= 0.6 is 38.5 Å². The molecule has 2 unspecified atom stereocenters. The van der Waals surface area contributed by atoms with Crippen molar-refractivity contribution in [3.8, 4) is 0 Å². The van der Waals surface area contributed by atoms with Crippen LogP contribution in [0, 0.1) is 3.57 Å². The van der Waals surface area contributed by atoms with Gasteiger partial charge in [-0.05, 0) is 40.3 Å². The number of hydrogen-bond acceptors (Lipinski definition) is 2. The molecule has 0 heterocycles. The molecule has 2 N–H and O–H groups in total. The molecule has 0 aliphatic rings. The zero-order valence-electron chi connectivity index (χ0n) is 6.82. The van der Waals surface area contributed by atoms with Gasteiger partial charge in [0.25, 0.3) is 0 Å². The van der Waals surface area contributed by atoms with Gasteiger partial charge in [0.2, 0.25) is 0 Å². The number of rotatable bonds is 3. The number of alkyl halides is 1. The molecule has 0 aliphatic carbocycles. The Morgan fingerprint density at radius 3 is 2.23 bits per heavy atom. The predicted molar refractivity (Wildman–Crippen MR) is 63.9 cm³/mol. The molecular weight excluding hydrogens is 347 g/mol. The second-order valence-electron chi connectivity index (χ2n) is 2.72. The highest BCUT2D eigenvalue weighted by molar-refractivity contribution is 14.1. The first kappa shape index (κ1) is 11.4. The first-order valence-electron chi connectivity index (χ1n) is 3.82. The number of aliphatic hydroxyl groups excluding tert-OH is 2. The van der Waals surface area contributed by atoms with E-state index in [1.54, 1.807) is 0 Å². The molecule has 72 valence electrons. The number of aliphatic hydroxyl groups is 2. The minimum absolute atomic E-state index is 0.375. The average Bonchev–Trinajstić information content (AvgIpc) is 2.17. The van der Waals surface area contributed by atoms with Crippen molar-refractivity contribution in [2.75, 3.05) is 5.33 Å². The monoisotopic (exact) mass is 356 g/mol. The lowest BCUT2D eigenvalue weighted by Crippen LogP contribution is -2.19. The van der Waals surface area contributed by atoms with Crippen molar-refractivity contribution >= 4 is 38.5 Å². The van der Waals surface area contributed by atoms with E-state index < -0.39 is 12.2 Å². The van der Waals surface area contributed by atoms with Crippen molar-refractivity contribution in [3.05, 3.63) is 33.4 Å². The van der Waals surface area contributed by atoms with Crippen LogP contribution in [0.4, 0.5) is 0 Å².